The van der Waals surface area contributed by atoms with Crippen molar-refractivity contribution in [1.29, 1.82) is 0 Å². The lowest BCUT2D eigenvalue weighted by Gasteiger charge is -2.12. The van der Waals surface area contributed by atoms with E-state index < -0.39 is 5.91 Å². The first kappa shape index (κ1) is 18.0. The monoisotopic (exact) mass is 387 g/mol. The third-order valence-corrected chi connectivity index (χ3v) is 6.03. The fraction of sp³-hybridized carbons (Fsp3) is 0.136. The molecule has 0 saturated carbocycles. The predicted octanol–water partition coefficient (Wildman–Crippen LogP) is 3.24. The van der Waals surface area contributed by atoms with Crippen LogP contribution in [0.1, 0.15) is 26.6 Å². The fourth-order valence-electron chi connectivity index (χ4n) is 3.50. The Kier molecular flexibility index (Phi) is 4.46. The molecule has 28 heavy (non-hydrogen) atoms. The molecule has 0 spiro atoms. The molecule has 2 aromatic heterocycles. The van der Waals surface area contributed by atoms with E-state index in [-0.39, 0.29) is 12.1 Å². The molecule has 0 aliphatic rings. The lowest BCUT2D eigenvalue weighted by molar-refractivity contribution is 0.100. The molecule has 0 radical (unpaired) electrons. The van der Waals surface area contributed by atoms with Gasteiger partial charge in [-0.25, -0.2) is 4.98 Å². The topological polar surface area (TPSA) is 78.0 Å². The van der Waals surface area contributed by atoms with E-state index in [2.05, 4.69) is 5.92 Å². The van der Waals surface area contributed by atoms with E-state index in [0.717, 1.165) is 27.7 Å². The van der Waals surface area contributed by atoms with Crippen LogP contribution in [0.25, 0.3) is 21.0 Å². The van der Waals surface area contributed by atoms with Crippen molar-refractivity contribution in [2.75, 3.05) is 0 Å². The molecule has 0 fully saturated rings. The van der Waals surface area contributed by atoms with Crippen molar-refractivity contribution < 1.29 is 4.79 Å². The van der Waals surface area contributed by atoms with Gasteiger partial charge in [-0.15, -0.1) is 17.8 Å². The smallest absolute Gasteiger partial charge is 0.263 e. The van der Waals surface area contributed by atoms with Gasteiger partial charge in [-0.2, -0.15) is 0 Å². The molecular weight excluding hydrogens is 370 g/mol. The molecule has 4 aromatic rings. The first-order valence-corrected chi connectivity index (χ1v) is 9.55. The van der Waals surface area contributed by atoms with E-state index in [1.54, 1.807) is 6.92 Å². The minimum atomic E-state index is -0.556. The van der Waals surface area contributed by atoms with E-state index >= 15 is 0 Å². The molecule has 1 amide bonds. The van der Waals surface area contributed by atoms with Crippen LogP contribution in [0.15, 0.2) is 47.3 Å². The molecule has 0 atom stereocenters. The molecule has 0 bridgehead atoms. The number of nitrogens with two attached hydrogens (primary N) is 1. The van der Waals surface area contributed by atoms with Gasteiger partial charge in [0.15, 0.2) is 0 Å². The Balaban J connectivity index is 1.95. The number of fused-ring (bicyclic) bond motifs is 2. The van der Waals surface area contributed by atoms with Crippen molar-refractivity contribution in [3.05, 3.63) is 74.6 Å². The number of thiophene rings is 1. The third-order valence-electron chi connectivity index (χ3n) is 4.83. The molecule has 4 rings (SSSR count). The molecule has 0 aliphatic heterocycles. The van der Waals surface area contributed by atoms with E-state index in [1.165, 1.54) is 4.57 Å². The zero-order valence-corrected chi connectivity index (χ0v) is 16.0. The Morgan fingerprint density at radius 2 is 2.00 bits per heavy atom. The number of terminal acetylenes is 1. The summed E-state index contributed by atoms with van der Waals surface area (Å²) in [6, 6.07) is 14.1. The highest BCUT2D eigenvalue weighted by atomic mass is 32.1. The molecule has 0 unspecified atom stereocenters. The van der Waals surface area contributed by atoms with Crippen LogP contribution in [0.5, 0.6) is 0 Å². The van der Waals surface area contributed by atoms with Crippen LogP contribution in [0, 0.1) is 19.3 Å². The zero-order valence-electron chi connectivity index (χ0n) is 15.2. The number of aryl methyl sites for hydroxylation is 1. The van der Waals surface area contributed by atoms with E-state index in [0.29, 0.717) is 32.9 Å². The van der Waals surface area contributed by atoms with E-state index in [9.17, 15) is 9.59 Å². The summed E-state index contributed by atoms with van der Waals surface area (Å²) in [5.41, 5.74) is 6.83. The summed E-state index contributed by atoms with van der Waals surface area (Å²) >= 11 is 1.15. The average molecular weight is 387 g/mol. The van der Waals surface area contributed by atoms with Crippen LogP contribution in [0.4, 0.5) is 0 Å². The van der Waals surface area contributed by atoms with Gasteiger partial charge >= 0.3 is 0 Å². The van der Waals surface area contributed by atoms with E-state index in [4.69, 9.17) is 17.1 Å². The summed E-state index contributed by atoms with van der Waals surface area (Å²) in [5, 5.41) is 2.64. The van der Waals surface area contributed by atoms with Crippen LogP contribution >= 0.6 is 11.3 Å². The van der Waals surface area contributed by atoms with Crippen LogP contribution in [0.2, 0.25) is 0 Å². The Labute approximate surface area is 165 Å². The number of carbonyl (C=O) groups excluding carboxylic acids is 1. The van der Waals surface area contributed by atoms with Gasteiger partial charge in [0, 0.05) is 6.42 Å². The largest absolute Gasteiger partial charge is 0.365 e. The summed E-state index contributed by atoms with van der Waals surface area (Å²) in [5.74, 6) is 2.55. The lowest BCUT2D eigenvalue weighted by Crippen LogP contribution is -2.25. The maximum absolute atomic E-state index is 13.1. The van der Waals surface area contributed by atoms with Crippen LogP contribution in [-0.2, 0) is 13.0 Å². The van der Waals surface area contributed by atoms with Crippen molar-refractivity contribution in [2.24, 2.45) is 5.73 Å². The second kappa shape index (κ2) is 6.95. The van der Waals surface area contributed by atoms with Gasteiger partial charge in [0.05, 0.1) is 16.8 Å². The molecular formula is C22H17N3O2S. The maximum atomic E-state index is 13.1. The molecule has 2 aromatic carbocycles. The Morgan fingerprint density at radius 3 is 2.75 bits per heavy atom. The zero-order chi connectivity index (χ0) is 19.8. The summed E-state index contributed by atoms with van der Waals surface area (Å²) in [4.78, 5) is 30.4. The molecule has 138 valence electrons. The van der Waals surface area contributed by atoms with Gasteiger partial charge in [-0.05, 0) is 28.8 Å². The summed E-state index contributed by atoms with van der Waals surface area (Å²) in [7, 11) is 0. The van der Waals surface area contributed by atoms with Crippen LogP contribution < -0.4 is 11.3 Å². The van der Waals surface area contributed by atoms with Crippen molar-refractivity contribution in [2.45, 2.75) is 19.9 Å². The lowest BCUT2D eigenvalue weighted by atomic mass is 10.0. The minimum absolute atomic E-state index is 0.114. The Hall–Kier alpha value is -3.43. The first-order chi connectivity index (χ1) is 13.5. The minimum Gasteiger partial charge on any atom is -0.365 e. The average Bonchev–Trinajstić information content (AvgIpc) is 3.02. The number of hydrogen-bond donors (Lipinski definition) is 1. The van der Waals surface area contributed by atoms with Crippen LogP contribution in [0.3, 0.4) is 0 Å². The SMILES string of the molecule is C#CCn1c(Cc2cccc3ccccc23)nc2sc(C(N)=O)c(C)c2c1=O. The quantitative estimate of drug-likeness (QED) is 0.546. The second-order valence-corrected chi connectivity index (χ2v) is 7.54. The highest BCUT2D eigenvalue weighted by Crippen LogP contribution is 2.28. The predicted molar refractivity (Wildman–Crippen MR) is 113 cm³/mol. The number of carbonyl (C=O) groups is 1. The Morgan fingerprint density at radius 1 is 1.25 bits per heavy atom. The number of nitrogens with zero attached hydrogens (tertiary/aromatic N) is 2. The highest BCUT2D eigenvalue weighted by Gasteiger charge is 2.20. The highest BCUT2D eigenvalue weighted by molar-refractivity contribution is 7.20. The van der Waals surface area contributed by atoms with Crippen molar-refractivity contribution in [1.82, 2.24) is 9.55 Å². The number of aromatic nitrogens is 2. The number of amides is 1. The second-order valence-electron chi connectivity index (χ2n) is 6.54. The molecule has 2 heterocycles. The van der Waals surface area contributed by atoms with Gasteiger partial charge in [-0.3, -0.25) is 14.2 Å². The van der Waals surface area contributed by atoms with Gasteiger partial charge in [0.2, 0.25) is 0 Å². The summed E-state index contributed by atoms with van der Waals surface area (Å²) in [6.45, 7) is 1.83. The van der Waals surface area contributed by atoms with Crippen molar-refractivity contribution in [3.8, 4) is 12.3 Å². The molecule has 0 aliphatic carbocycles. The Bertz CT molecular complexity index is 1340. The normalized spacial score (nSPS) is 11.0. The van der Waals surface area contributed by atoms with Gasteiger partial charge in [-0.1, -0.05) is 48.4 Å². The van der Waals surface area contributed by atoms with Gasteiger partial charge < -0.3 is 5.73 Å². The summed E-state index contributed by atoms with van der Waals surface area (Å²) in [6.07, 6.45) is 5.96. The van der Waals surface area contributed by atoms with Crippen LogP contribution in [-0.4, -0.2) is 15.5 Å². The number of primary amides is 1. The summed E-state index contributed by atoms with van der Waals surface area (Å²) < 4.78 is 1.51. The van der Waals surface area contributed by atoms with Crippen molar-refractivity contribution >= 4 is 38.2 Å². The standard InChI is InChI=1S/C22H17N3O2S/c1-3-11-25-17(12-15-9-6-8-14-7-4-5-10-16(14)15)24-21-18(22(25)27)13(2)19(28-21)20(23)26/h1,4-10H,11-12H2,2H3,(H2,23,26). The molecule has 0 saturated heterocycles. The molecule has 5 nitrogen and oxygen atoms in total. The number of hydrogen-bond acceptors (Lipinski definition) is 4. The first-order valence-electron chi connectivity index (χ1n) is 8.74. The van der Waals surface area contributed by atoms with E-state index in [1.807, 2.05) is 42.5 Å². The third kappa shape index (κ3) is 2.86. The van der Waals surface area contributed by atoms with Gasteiger partial charge in [0.25, 0.3) is 11.5 Å². The number of rotatable bonds is 4. The fourth-order valence-corrected chi connectivity index (χ4v) is 4.54. The number of benzene rings is 2. The van der Waals surface area contributed by atoms with Gasteiger partial charge in [0.1, 0.15) is 10.7 Å². The molecule has 6 heteroatoms. The molecule has 2 N–H and O–H groups in total. The van der Waals surface area contributed by atoms with Crippen molar-refractivity contribution in [3.63, 3.8) is 0 Å². The maximum Gasteiger partial charge on any atom is 0.263 e.